The molecule has 0 unspecified atom stereocenters. The first kappa shape index (κ1) is 27.1. The normalized spacial score (nSPS) is 12.8. The molecule has 40 heavy (non-hydrogen) atoms. The third-order valence-corrected chi connectivity index (χ3v) is 6.24. The van der Waals surface area contributed by atoms with E-state index in [-0.39, 0.29) is 40.4 Å². The summed E-state index contributed by atoms with van der Waals surface area (Å²) in [7, 11) is 0. The number of pyridine rings is 2. The molecule has 0 atom stereocenters. The maximum absolute atomic E-state index is 14.6. The maximum atomic E-state index is 14.6. The quantitative estimate of drug-likeness (QED) is 0.210. The van der Waals surface area contributed by atoms with E-state index in [1.54, 1.807) is 18.2 Å². The van der Waals surface area contributed by atoms with E-state index < -0.39 is 35.8 Å². The van der Waals surface area contributed by atoms with E-state index in [0.717, 1.165) is 6.39 Å². The third kappa shape index (κ3) is 4.74. The molecule has 0 spiro atoms. The first-order chi connectivity index (χ1) is 18.8. The molecule has 9 nitrogen and oxygen atoms in total. The van der Waals surface area contributed by atoms with Crippen molar-refractivity contribution in [2.24, 2.45) is 5.41 Å². The van der Waals surface area contributed by atoms with Crippen molar-refractivity contribution in [3.63, 3.8) is 0 Å². The number of aliphatic hydroxyl groups is 1. The largest absolute Gasteiger partial charge is 0.460 e. The number of aromatic nitrogens is 5. The second-order valence-corrected chi connectivity index (χ2v) is 9.61. The highest BCUT2D eigenvalue weighted by molar-refractivity contribution is 5.94. The molecule has 0 aliphatic carbocycles. The molecule has 0 saturated heterocycles. The van der Waals surface area contributed by atoms with Crippen LogP contribution in [0.15, 0.2) is 59.5 Å². The highest BCUT2D eigenvalue weighted by Crippen LogP contribution is 2.45. The highest BCUT2D eigenvalue weighted by atomic mass is 19.4. The zero-order valence-corrected chi connectivity index (χ0v) is 20.9. The summed E-state index contributed by atoms with van der Waals surface area (Å²) in [5, 5.41) is 16.9. The van der Waals surface area contributed by atoms with Gasteiger partial charge in [0.1, 0.15) is 29.3 Å². The van der Waals surface area contributed by atoms with E-state index in [1.807, 2.05) is 0 Å². The lowest BCUT2D eigenvalue weighted by Gasteiger charge is -2.21. The molecule has 5 rings (SSSR count). The average Bonchev–Trinajstić information content (AvgIpc) is 3.61. The van der Waals surface area contributed by atoms with E-state index in [2.05, 4.69) is 20.2 Å². The zero-order valence-electron chi connectivity index (χ0n) is 20.9. The number of ether oxygens (including phenoxy) is 1. The second-order valence-electron chi connectivity index (χ2n) is 9.61. The number of halogens is 5. The Morgan fingerprint density at radius 2 is 1.77 bits per heavy atom. The Kier molecular flexibility index (Phi) is 6.53. The number of rotatable bonds is 7. The van der Waals surface area contributed by atoms with Crippen LogP contribution in [0.3, 0.4) is 0 Å². The summed E-state index contributed by atoms with van der Waals surface area (Å²) in [4.78, 5) is 20.1. The van der Waals surface area contributed by atoms with Crippen LogP contribution in [-0.2, 0) is 22.1 Å². The SMILES string of the molecule is CC(C)(CO)C(=O)OCc1ccc(-c2cc(C(F)(F)C(F)(F)F)nc3c2ccc2nc(-c4nnco4)cn23)cc1. The number of benzene rings is 1. The van der Waals surface area contributed by atoms with Crippen molar-refractivity contribution >= 4 is 22.6 Å². The van der Waals surface area contributed by atoms with Crippen LogP contribution in [0.1, 0.15) is 25.1 Å². The first-order valence-electron chi connectivity index (χ1n) is 11.7. The Morgan fingerprint density at radius 3 is 2.40 bits per heavy atom. The number of alkyl halides is 5. The van der Waals surface area contributed by atoms with Gasteiger partial charge in [0.2, 0.25) is 6.39 Å². The van der Waals surface area contributed by atoms with Gasteiger partial charge in [-0.2, -0.15) is 22.0 Å². The van der Waals surface area contributed by atoms with E-state index >= 15 is 0 Å². The van der Waals surface area contributed by atoms with Gasteiger partial charge in [0.05, 0.1) is 12.0 Å². The predicted molar refractivity (Wildman–Crippen MR) is 130 cm³/mol. The molecule has 4 heterocycles. The minimum Gasteiger partial charge on any atom is -0.460 e. The Balaban J connectivity index is 1.62. The van der Waals surface area contributed by atoms with Gasteiger partial charge in [-0.25, -0.2) is 9.97 Å². The predicted octanol–water partition coefficient (Wildman–Crippen LogP) is 5.32. The summed E-state index contributed by atoms with van der Waals surface area (Å²) in [5.74, 6) is -5.85. The van der Waals surface area contributed by atoms with E-state index in [9.17, 15) is 31.9 Å². The van der Waals surface area contributed by atoms with Crippen molar-refractivity contribution < 1.29 is 41.0 Å². The number of aliphatic hydroxyl groups excluding tert-OH is 1. The van der Waals surface area contributed by atoms with Gasteiger partial charge >= 0.3 is 18.1 Å². The van der Waals surface area contributed by atoms with Crippen molar-refractivity contribution in [3.8, 4) is 22.7 Å². The molecule has 0 aliphatic heterocycles. The number of esters is 1. The Morgan fingerprint density at radius 1 is 1.05 bits per heavy atom. The van der Waals surface area contributed by atoms with Gasteiger partial charge in [-0.1, -0.05) is 24.3 Å². The summed E-state index contributed by atoms with van der Waals surface area (Å²) in [6, 6.07) is 9.87. The van der Waals surface area contributed by atoms with Gasteiger partial charge in [0.25, 0.3) is 5.89 Å². The van der Waals surface area contributed by atoms with Crippen LogP contribution in [0, 0.1) is 5.41 Å². The van der Waals surface area contributed by atoms with Gasteiger partial charge in [0.15, 0.2) is 0 Å². The standard InChI is InChI=1S/C26H20F5N5O4/c1-24(2,12-37)23(38)39-11-14-3-5-15(6-4-14)17-9-19(25(27,28)26(29,30)31)34-21-16(17)7-8-20-33-18(10-36(20)21)22-35-32-13-40-22/h3-10,13,37H,11-12H2,1-2H3. The van der Waals surface area contributed by atoms with Crippen molar-refractivity contribution in [1.82, 2.24) is 24.6 Å². The van der Waals surface area contributed by atoms with E-state index in [0.29, 0.717) is 17.2 Å². The Hall–Kier alpha value is -4.46. The lowest BCUT2D eigenvalue weighted by molar-refractivity contribution is -0.290. The molecule has 0 saturated carbocycles. The van der Waals surface area contributed by atoms with Crippen LogP contribution in [0.5, 0.6) is 0 Å². The minimum absolute atomic E-state index is 0.0208. The number of hydrogen-bond acceptors (Lipinski definition) is 8. The summed E-state index contributed by atoms with van der Waals surface area (Å²) >= 11 is 0. The lowest BCUT2D eigenvalue weighted by atomic mass is 9.95. The van der Waals surface area contributed by atoms with Crippen LogP contribution < -0.4 is 0 Å². The number of hydrogen-bond donors (Lipinski definition) is 1. The number of carbonyl (C=O) groups is 1. The second kappa shape index (κ2) is 9.62. The van der Waals surface area contributed by atoms with Crippen LogP contribution in [0.2, 0.25) is 0 Å². The van der Waals surface area contributed by atoms with Crippen LogP contribution in [0.4, 0.5) is 22.0 Å². The molecule has 1 N–H and O–H groups in total. The molecule has 208 valence electrons. The van der Waals surface area contributed by atoms with Gasteiger partial charge in [-0.15, -0.1) is 10.2 Å². The van der Waals surface area contributed by atoms with Crippen molar-refractivity contribution in [3.05, 3.63) is 66.3 Å². The molecule has 14 heteroatoms. The van der Waals surface area contributed by atoms with Crippen LogP contribution >= 0.6 is 0 Å². The van der Waals surface area contributed by atoms with Gasteiger partial charge in [-0.3, -0.25) is 9.20 Å². The molecule has 0 fully saturated rings. The molecule has 1 aromatic carbocycles. The van der Waals surface area contributed by atoms with Crippen LogP contribution in [0.25, 0.3) is 39.4 Å². The number of carbonyl (C=O) groups excluding carboxylic acids is 1. The molecule has 4 aromatic heterocycles. The third-order valence-electron chi connectivity index (χ3n) is 6.24. The number of imidazole rings is 1. The molecule has 0 amide bonds. The molecular formula is C26H20F5N5O4. The van der Waals surface area contributed by atoms with Crippen molar-refractivity contribution in [2.45, 2.75) is 32.6 Å². The lowest BCUT2D eigenvalue weighted by Crippen LogP contribution is -2.34. The molecule has 0 aliphatic rings. The fraction of sp³-hybridized carbons (Fsp3) is 0.269. The summed E-state index contributed by atoms with van der Waals surface area (Å²) in [6.45, 7) is 2.49. The van der Waals surface area contributed by atoms with Gasteiger partial charge < -0.3 is 14.3 Å². The topological polar surface area (TPSA) is 116 Å². The fourth-order valence-corrected chi connectivity index (χ4v) is 3.85. The fourth-order valence-electron chi connectivity index (χ4n) is 3.85. The number of nitrogens with zero attached hydrogens (tertiary/aromatic N) is 5. The average molecular weight is 561 g/mol. The van der Waals surface area contributed by atoms with Gasteiger partial charge in [0, 0.05) is 11.6 Å². The first-order valence-corrected chi connectivity index (χ1v) is 11.7. The smallest absolute Gasteiger partial charge is 0.459 e. The summed E-state index contributed by atoms with van der Waals surface area (Å²) in [6.07, 6.45) is -3.48. The van der Waals surface area contributed by atoms with Gasteiger partial charge in [-0.05, 0) is 48.7 Å². The molecular weight excluding hydrogens is 541 g/mol. The highest BCUT2D eigenvalue weighted by Gasteiger charge is 2.60. The van der Waals surface area contributed by atoms with Crippen molar-refractivity contribution in [2.75, 3.05) is 6.61 Å². The van der Waals surface area contributed by atoms with E-state index in [1.165, 1.54) is 42.6 Å². The molecule has 0 radical (unpaired) electrons. The maximum Gasteiger partial charge on any atom is 0.459 e. The Bertz CT molecular complexity index is 1700. The molecule has 0 bridgehead atoms. The summed E-state index contributed by atoms with van der Waals surface area (Å²) in [5.41, 5.74) is -1.51. The van der Waals surface area contributed by atoms with Crippen molar-refractivity contribution in [1.29, 1.82) is 0 Å². The van der Waals surface area contributed by atoms with Crippen LogP contribution in [-0.4, -0.2) is 48.4 Å². The van der Waals surface area contributed by atoms with E-state index in [4.69, 9.17) is 9.15 Å². The zero-order chi connectivity index (χ0) is 28.9. The summed E-state index contributed by atoms with van der Waals surface area (Å²) < 4.78 is 80.9. The monoisotopic (exact) mass is 561 g/mol. The minimum atomic E-state index is -5.89. The number of fused-ring (bicyclic) bond motifs is 3. The molecule has 5 aromatic rings. The Labute approximate surface area is 222 Å².